The predicted octanol–water partition coefficient (Wildman–Crippen LogP) is 4.84. The van der Waals surface area contributed by atoms with Gasteiger partial charge in [-0.1, -0.05) is 12.1 Å². The molecule has 0 bridgehead atoms. The van der Waals surface area contributed by atoms with E-state index >= 15 is 0 Å². The van der Waals surface area contributed by atoms with E-state index in [0.29, 0.717) is 35.9 Å². The Bertz CT molecular complexity index is 1270. The smallest absolute Gasteiger partial charge is 0.323 e. The lowest BCUT2D eigenvalue weighted by Crippen LogP contribution is -2.35. The quantitative estimate of drug-likeness (QED) is 0.410. The molecule has 8 nitrogen and oxygen atoms in total. The second-order valence-electron chi connectivity index (χ2n) is 8.05. The Balaban J connectivity index is 1.31. The van der Waals surface area contributed by atoms with Gasteiger partial charge in [0.2, 0.25) is 5.91 Å². The molecule has 0 saturated carbocycles. The first-order valence-corrected chi connectivity index (χ1v) is 11.6. The molecule has 1 aromatic heterocycles. The zero-order valence-electron chi connectivity index (χ0n) is 19.1. The second-order valence-corrected chi connectivity index (χ2v) is 8.46. The molecule has 4 rings (SSSR count). The van der Waals surface area contributed by atoms with Gasteiger partial charge >= 0.3 is 6.03 Å². The molecule has 0 unspecified atom stereocenters. The van der Waals surface area contributed by atoms with Gasteiger partial charge in [0.25, 0.3) is 0 Å². The minimum Gasteiger partial charge on any atom is -0.454 e. The van der Waals surface area contributed by atoms with E-state index in [9.17, 15) is 18.4 Å². The number of thiocarbonyl (C=S) groups is 1. The molecule has 11 heteroatoms. The number of pyridine rings is 1. The molecule has 3 amide bonds. The fraction of sp³-hybridized carbons (Fsp3) is 0.200. The van der Waals surface area contributed by atoms with E-state index in [1.54, 1.807) is 11.0 Å². The Morgan fingerprint density at radius 1 is 1.00 bits per heavy atom. The van der Waals surface area contributed by atoms with Crippen LogP contribution in [0.2, 0.25) is 0 Å². The van der Waals surface area contributed by atoms with Crippen LogP contribution in [0.3, 0.4) is 0 Å². The van der Waals surface area contributed by atoms with E-state index in [4.69, 9.17) is 17.0 Å². The minimum absolute atomic E-state index is 0.00957. The van der Waals surface area contributed by atoms with Crippen molar-refractivity contribution in [2.45, 2.75) is 19.3 Å². The lowest BCUT2D eigenvalue weighted by molar-refractivity contribution is -0.119. The Hall–Kier alpha value is -4.12. The number of halogens is 2. The first-order chi connectivity index (χ1) is 17.4. The van der Waals surface area contributed by atoms with Gasteiger partial charge < -0.3 is 20.3 Å². The third-order valence-corrected chi connectivity index (χ3v) is 5.51. The molecule has 0 spiro atoms. The van der Waals surface area contributed by atoms with Crippen molar-refractivity contribution < 1.29 is 23.1 Å². The van der Waals surface area contributed by atoms with Crippen LogP contribution in [0, 0.1) is 11.6 Å². The molecule has 0 atom stereocenters. The SMILES string of the molecule is O=C(Cc1ccc(F)cc1)NC(=S)Nc1ccc(Oc2ccnc(NC(=O)N3CCCC3)c2)c(F)c1. The van der Waals surface area contributed by atoms with Crippen LogP contribution in [0.4, 0.5) is 25.1 Å². The second kappa shape index (κ2) is 11.5. The van der Waals surface area contributed by atoms with Crippen molar-refractivity contribution in [2.24, 2.45) is 0 Å². The first-order valence-electron chi connectivity index (χ1n) is 11.2. The summed E-state index contributed by atoms with van der Waals surface area (Å²) in [6, 6.07) is 12.5. The molecule has 36 heavy (non-hydrogen) atoms. The topological polar surface area (TPSA) is 95.6 Å². The molecule has 0 radical (unpaired) electrons. The van der Waals surface area contributed by atoms with Gasteiger partial charge in [0.05, 0.1) is 6.42 Å². The summed E-state index contributed by atoms with van der Waals surface area (Å²) in [6.07, 6.45) is 3.41. The van der Waals surface area contributed by atoms with Crippen LogP contribution in [0.15, 0.2) is 60.8 Å². The molecular formula is C25H23F2N5O3S. The molecule has 3 aromatic rings. The first kappa shape index (κ1) is 25.0. The Morgan fingerprint density at radius 2 is 1.75 bits per heavy atom. The van der Waals surface area contributed by atoms with Crippen molar-refractivity contribution >= 4 is 40.8 Å². The predicted molar refractivity (Wildman–Crippen MR) is 135 cm³/mol. The molecule has 3 N–H and O–H groups in total. The molecule has 1 aliphatic rings. The number of aromatic nitrogens is 1. The summed E-state index contributed by atoms with van der Waals surface area (Å²) in [5.74, 6) is -0.909. The highest BCUT2D eigenvalue weighted by Crippen LogP contribution is 2.28. The fourth-order valence-electron chi connectivity index (χ4n) is 3.56. The molecule has 2 aromatic carbocycles. The lowest BCUT2D eigenvalue weighted by Gasteiger charge is -2.16. The van der Waals surface area contributed by atoms with Crippen molar-refractivity contribution in [1.82, 2.24) is 15.2 Å². The third kappa shape index (κ3) is 6.95. The molecule has 186 valence electrons. The van der Waals surface area contributed by atoms with Crippen LogP contribution in [0.5, 0.6) is 11.5 Å². The number of urea groups is 1. The van der Waals surface area contributed by atoms with E-state index in [1.165, 1.54) is 54.7 Å². The average molecular weight is 512 g/mol. The molecule has 1 saturated heterocycles. The van der Waals surface area contributed by atoms with Crippen LogP contribution in [-0.4, -0.2) is 40.0 Å². The van der Waals surface area contributed by atoms with Gasteiger partial charge in [-0.2, -0.15) is 0 Å². The monoisotopic (exact) mass is 511 g/mol. The fourth-order valence-corrected chi connectivity index (χ4v) is 3.79. The van der Waals surface area contributed by atoms with E-state index in [-0.39, 0.29) is 29.1 Å². The molecular weight excluding hydrogens is 488 g/mol. The lowest BCUT2D eigenvalue weighted by atomic mass is 10.1. The van der Waals surface area contributed by atoms with Crippen molar-refractivity contribution in [1.29, 1.82) is 0 Å². The molecule has 1 aliphatic heterocycles. The number of carbonyl (C=O) groups excluding carboxylic acids is 2. The van der Waals surface area contributed by atoms with Crippen LogP contribution in [0.25, 0.3) is 0 Å². The number of carbonyl (C=O) groups is 2. The maximum atomic E-state index is 14.7. The normalized spacial score (nSPS) is 12.7. The summed E-state index contributed by atoms with van der Waals surface area (Å²) >= 11 is 5.12. The van der Waals surface area contributed by atoms with Crippen LogP contribution in [-0.2, 0) is 11.2 Å². The van der Waals surface area contributed by atoms with E-state index in [1.807, 2.05) is 0 Å². The Kier molecular flexibility index (Phi) is 8.01. The van der Waals surface area contributed by atoms with Crippen LogP contribution in [0.1, 0.15) is 18.4 Å². The highest BCUT2D eigenvalue weighted by Gasteiger charge is 2.18. The van der Waals surface area contributed by atoms with Crippen molar-refractivity contribution in [3.63, 3.8) is 0 Å². The van der Waals surface area contributed by atoms with Crippen molar-refractivity contribution in [2.75, 3.05) is 23.7 Å². The number of hydrogen-bond acceptors (Lipinski definition) is 5. The maximum Gasteiger partial charge on any atom is 0.323 e. The van der Waals surface area contributed by atoms with Gasteiger partial charge in [0, 0.05) is 37.1 Å². The number of anilines is 2. The van der Waals surface area contributed by atoms with Gasteiger partial charge in [0.15, 0.2) is 16.7 Å². The standard InChI is InChI=1S/C25H23F2N5O3S/c26-17-5-3-16(4-6-17)13-23(33)31-24(36)29-18-7-8-21(20(27)14-18)35-19-9-10-28-22(15-19)30-25(34)32-11-1-2-12-32/h3-10,14-15H,1-2,11-13H2,(H,28,30,34)(H2,29,31,33,36). The van der Waals surface area contributed by atoms with Gasteiger partial charge in [-0.05, 0) is 61.0 Å². The zero-order chi connectivity index (χ0) is 25.5. The Morgan fingerprint density at radius 3 is 2.47 bits per heavy atom. The average Bonchev–Trinajstić information content (AvgIpc) is 3.38. The third-order valence-electron chi connectivity index (χ3n) is 5.31. The number of hydrogen-bond donors (Lipinski definition) is 3. The summed E-state index contributed by atoms with van der Waals surface area (Å²) in [7, 11) is 0. The van der Waals surface area contributed by atoms with Gasteiger partial charge in [-0.25, -0.2) is 18.6 Å². The summed E-state index contributed by atoms with van der Waals surface area (Å²) in [4.78, 5) is 30.2. The van der Waals surface area contributed by atoms with Gasteiger partial charge in [-0.15, -0.1) is 0 Å². The number of ether oxygens (including phenoxy) is 1. The largest absolute Gasteiger partial charge is 0.454 e. The van der Waals surface area contributed by atoms with E-state index in [0.717, 1.165) is 12.8 Å². The summed E-state index contributed by atoms with van der Waals surface area (Å²) in [5, 5.41) is 7.94. The molecule has 0 aliphatic carbocycles. The number of rotatable bonds is 6. The van der Waals surface area contributed by atoms with E-state index in [2.05, 4.69) is 20.9 Å². The maximum absolute atomic E-state index is 14.7. The number of amides is 3. The summed E-state index contributed by atoms with van der Waals surface area (Å²) in [6.45, 7) is 1.41. The van der Waals surface area contributed by atoms with Crippen LogP contribution >= 0.6 is 12.2 Å². The molecule has 1 fully saturated rings. The van der Waals surface area contributed by atoms with Crippen molar-refractivity contribution in [3.05, 3.63) is 78.0 Å². The van der Waals surface area contributed by atoms with Gasteiger partial charge in [0.1, 0.15) is 17.4 Å². The van der Waals surface area contributed by atoms with E-state index < -0.39 is 11.7 Å². The number of likely N-dealkylation sites (tertiary alicyclic amines) is 1. The minimum atomic E-state index is -0.667. The van der Waals surface area contributed by atoms with Crippen molar-refractivity contribution in [3.8, 4) is 11.5 Å². The van der Waals surface area contributed by atoms with Gasteiger partial charge in [-0.3, -0.25) is 10.1 Å². The number of nitrogens with one attached hydrogen (secondary N) is 3. The summed E-state index contributed by atoms with van der Waals surface area (Å²) < 4.78 is 33.3. The van der Waals surface area contributed by atoms with Crippen LogP contribution < -0.4 is 20.7 Å². The molecule has 2 heterocycles. The number of nitrogens with zero attached hydrogens (tertiary/aromatic N) is 2. The summed E-state index contributed by atoms with van der Waals surface area (Å²) in [5.41, 5.74) is 0.930. The Labute approximate surface area is 211 Å². The highest BCUT2D eigenvalue weighted by atomic mass is 32.1. The number of benzene rings is 2. The zero-order valence-corrected chi connectivity index (χ0v) is 19.9. The highest BCUT2D eigenvalue weighted by molar-refractivity contribution is 7.80.